The molecule has 3 aliphatic heterocycles. The lowest BCUT2D eigenvalue weighted by Crippen LogP contribution is -2.52. The predicted molar refractivity (Wildman–Crippen MR) is 137 cm³/mol. The van der Waals surface area contributed by atoms with Crippen LogP contribution in [-0.4, -0.2) is 54.3 Å². The third-order valence-electron chi connectivity index (χ3n) is 7.67. The molecule has 3 aromatic rings. The number of nitrogens with zero attached hydrogens (tertiary/aromatic N) is 2. The number of likely N-dealkylation sites (tertiary alicyclic amines) is 1. The number of rotatable bonds is 3. The van der Waals surface area contributed by atoms with E-state index < -0.39 is 0 Å². The molecular weight excluding hydrogens is 464 g/mol. The van der Waals surface area contributed by atoms with Crippen LogP contribution in [0.2, 0.25) is 0 Å². The van der Waals surface area contributed by atoms with Crippen molar-refractivity contribution in [3.63, 3.8) is 0 Å². The molecule has 1 amide bonds. The maximum Gasteiger partial charge on any atom is 0.251 e. The van der Waals surface area contributed by atoms with Crippen LogP contribution in [0.4, 0.5) is 0 Å². The molecular formula is C28H31ClN2O4. The molecule has 0 radical (unpaired) electrons. The lowest BCUT2D eigenvalue weighted by molar-refractivity contribution is -0.144. The number of ether oxygens (including phenoxy) is 3. The fraction of sp³-hybridized carbons (Fsp3) is 0.429. The maximum absolute atomic E-state index is 12.7. The molecule has 0 N–H and O–H groups in total. The Morgan fingerprint density at radius 1 is 1.14 bits per heavy atom. The van der Waals surface area contributed by atoms with Gasteiger partial charge < -0.3 is 19.1 Å². The minimum Gasteiger partial charge on any atom is -0.494 e. The molecule has 0 aliphatic carbocycles. The van der Waals surface area contributed by atoms with Gasteiger partial charge >= 0.3 is 0 Å². The highest BCUT2D eigenvalue weighted by Gasteiger charge is 2.41. The van der Waals surface area contributed by atoms with Gasteiger partial charge in [-0.15, -0.1) is 12.4 Å². The zero-order valence-electron chi connectivity index (χ0n) is 20.0. The average Bonchev–Trinajstić information content (AvgIpc) is 3.43. The van der Waals surface area contributed by atoms with Crippen molar-refractivity contribution >= 4 is 29.2 Å². The third-order valence-corrected chi connectivity index (χ3v) is 7.67. The van der Waals surface area contributed by atoms with Gasteiger partial charge in [0.15, 0.2) is 5.75 Å². The van der Waals surface area contributed by atoms with Gasteiger partial charge in [0.05, 0.1) is 7.11 Å². The van der Waals surface area contributed by atoms with E-state index in [1.807, 2.05) is 11.0 Å². The molecule has 1 spiro atoms. The van der Waals surface area contributed by atoms with Crippen molar-refractivity contribution in [3.05, 3.63) is 54.2 Å². The molecule has 3 aliphatic rings. The van der Waals surface area contributed by atoms with Crippen LogP contribution in [0.5, 0.6) is 11.5 Å². The van der Waals surface area contributed by atoms with Crippen LogP contribution in [0.15, 0.2) is 48.7 Å². The largest absolute Gasteiger partial charge is 0.494 e. The summed E-state index contributed by atoms with van der Waals surface area (Å²) in [7, 11) is 1.70. The van der Waals surface area contributed by atoms with Crippen LogP contribution < -0.4 is 9.47 Å². The number of benzene rings is 2. The second-order valence-corrected chi connectivity index (χ2v) is 9.66. The number of hydrogen-bond donors (Lipinski definition) is 0. The molecule has 2 saturated heterocycles. The van der Waals surface area contributed by atoms with Crippen LogP contribution in [0.1, 0.15) is 37.7 Å². The Kier molecular flexibility index (Phi) is 6.60. The summed E-state index contributed by atoms with van der Waals surface area (Å²) in [6.07, 6.45) is 7.09. The van der Waals surface area contributed by atoms with Gasteiger partial charge in [0.2, 0.25) is 0 Å². The van der Waals surface area contributed by atoms with Crippen molar-refractivity contribution in [1.82, 2.24) is 9.88 Å². The first kappa shape index (κ1) is 23.9. The summed E-state index contributed by atoms with van der Waals surface area (Å²) in [6.45, 7) is 2.19. The Morgan fingerprint density at radius 3 is 2.77 bits per heavy atom. The van der Waals surface area contributed by atoms with E-state index in [-0.39, 0.29) is 30.0 Å². The number of amides is 1. The summed E-state index contributed by atoms with van der Waals surface area (Å²) < 4.78 is 18.0. The van der Waals surface area contributed by atoms with Crippen LogP contribution in [-0.2, 0) is 16.0 Å². The van der Waals surface area contributed by atoms with Crippen molar-refractivity contribution < 1.29 is 19.0 Å². The zero-order valence-corrected chi connectivity index (χ0v) is 20.8. The smallest absolute Gasteiger partial charge is 0.251 e. The van der Waals surface area contributed by atoms with E-state index in [0.29, 0.717) is 6.61 Å². The van der Waals surface area contributed by atoms with E-state index in [4.69, 9.17) is 14.2 Å². The highest BCUT2D eigenvalue weighted by molar-refractivity contribution is 5.92. The van der Waals surface area contributed by atoms with E-state index in [9.17, 15) is 4.79 Å². The molecule has 7 heteroatoms. The number of aromatic nitrogens is 1. The highest BCUT2D eigenvalue weighted by atomic mass is 35.5. The van der Waals surface area contributed by atoms with E-state index >= 15 is 0 Å². The van der Waals surface area contributed by atoms with Crippen LogP contribution >= 0.6 is 12.4 Å². The summed E-state index contributed by atoms with van der Waals surface area (Å²) in [4.78, 5) is 19.2. The van der Waals surface area contributed by atoms with Gasteiger partial charge in [-0.2, -0.15) is 0 Å². The number of piperidine rings is 1. The fourth-order valence-electron chi connectivity index (χ4n) is 5.70. The highest BCUT2D eigenvalue weighted by Crippen LogP contribution is 2.43. The summed E-state index contributed by atoms with van der Waals surface area (Å²) in [6, 6.07) is 14.6. The zero-order chi connectivity index (χ0) is 23.1. The molecule has 6 nitrogen and oxygen atoms in total. The Labute approximate surface area is 212 Å². The van der Waals surface area contributed by atoms with Crippen molar-refractivity contribution in [2.75, 3.05) is 26.8 Å². The molecule has 2 fully saturated rings. The first-order valence-corrected chi connectivity index (χ1v) is 12.3. The van der Waals surface area contributed by atoms with E-state index in [2.05, 4.69) is 41.4 Å². The Morgan fingerprint density at radius 2 is 2.00 bits per heavy atom. The third kappa shape index (κ3) is 4.34. The van der Waals surface area contributed by atoms with Gasteiger partial charge in [0.1, 0.15) is 23.0 Å². The quantitative estimate of drug-likeness (QED) is 0.501. The monoisotopic (exact) mass is 494 g/mol. The lowest BCUT2D eigenvalue weighted by Gasteiger charge is -2.45. The molecule has 0 saturated carbocycles. The summed E-state index contributed by atoms with van der Waals surface area (Å²) in [5, 5.41) is 1.07. The average molecular weight is 495 g/mol. The predicted octanol–water partition coefficient (Wildman–Crippen LogP) is 5.20. The molecule has 0 unspecified atom stereocenters. The van der Waals surface area contributed by atoms with Gasteiger partial charge in [0, 0.05) is 49.7 Å². The second kappa shape index (κ2) is 9.67. The van der Waals surface area contributed by atoms with Gasteiger partial charge in [-0.25, -0.2) is 0 Å². The van der Waals surface area contributed by atoms with Crippen molar-refractivity contribution in [2.24, 2.45) is 0 Å². The van der Waals surface area contributed by atoms with Crippen molar-refractivity contribution in [3.8, 4) is 22.6 Å². The SMILES string of the molecule is COc1c(-c2ccc3c(c2)CCC2(CCN(C(=O)[C@H]4CCCO4)CC2)O3)ccc2cccnc12.Cl. The number of methoxy groups -OCH3 is 1. The number of carbonyl (C=O) groups is 1. The summed E-state index contributed by atoms with van der Waals surface area (Å²) >= 11 is 0. The summed E-state index contributed by atoms with van der Waals surface area (Å²) in [5.74, 6) is 1.92. The molecule has 184 valence electrons. The standard InChI is InChI=1S/C28H30N2O4.ClH/c1-32-26-22(8-6-19-4-2-14-29-25(19)26)20-7-9-23-21(18-20)10-11-28(34-23)12-15-30(16-13-28)27(31)24-5-3-17-33-24;/h2,4,6-9,14,18,24H,3,5,10-13,15-17H2,1H3;1H/t24-;/m1./s1. The molecule has 35 heavy (non-hydrogen) atoms. The number of carbonyl (C=O) groups excluding carboxylic acids is 1. The number of fused-ring (bicyclic) bond motifs is 2. The second-order valence-electron chi connectivity index (χ2n) is 9.66. The maximum atomic E-state index is 12.7. The number of hydrogen-bond acceptors (Lipinski definition) is 5. The number of aryl methyl sites for hydroxylation is 1. The first-order valence-electron chi connectivity index (χ1n) is 12.3. The van der Waals surface area contributed by atoms with Crippen LogP contribution in [0.25, 0.3) is 22.0 Å². The van der Waals surface area contributed by atoms with Crippen molar-refractivity contribution in [1.29, 1.82) is 0 Å². The van der Waals surface area contributed by atoms with Crippen molar-refractivity contribution in [2.45, 2.75) is 50.2 Å². The Balaban J connectivity index is 0.00000253. The van der Waals surface area contributed by atoms with E-state index in [1.165, 1.54) is 5.56 Å². The molecule has 1 aromatic heterocycles. The Bertz CT molecular complexity index is 1230. The van der Waals surface area contributed by atoms with Gasteiger partial charge in [-0.1, -0.05) is 18.2 Å². The summed E-state index contributed by atoms with van der Waals surface area (Å²) in [5.41, 5.74) is 4.08. The van der Waals surface area contributed by atoms with Crippen LogP contribution in [0.3, 0.4) is 0 Å². The molecule has 6 rings (SSSR count). The van der Waals surface area contributed by atoms with Gasteiger partial charge in [0.25, 0.3) is 5.91 Å². The van der Waals surface area contributed by atoms with Gasteiger partial charge in [-0.3, -0.25) is 9.78 Å². The Hall–Kier alpha value is -2.83. The van der Waals surface area contributed by atoms with Crippen LogP contribution in [0, 0.1) is 0 Å². The molecule has 4 heterocycles. The topological polar surface area (TPSA) is 60.9 Å². The van der Waals surface area contributed by atoms with Gasteiger partial charge in [-0.05, 0) is 61.1 Å². The normalized spacial score (nSPS) is 20.7. The minimum atomic E-state index is -0.234. The van der Waals surface area contributed by atoms with E-state index in [0.717, 1.165) is 85.1 Å². The fourth-order valence-corrected chi connectivity index (χ4v) is 5.70. The molecule has 2 aromatic carbocycles. The first-order chi connectivity index (χ1) is 16.7. The molecule has 0 bridgehead atoms. The lowest BCUT2D eigenvalue weighted by atomic mass is 9.82. The number of pyridine rings is 1. The minimum absolute atomic E-state index is 0. The molecule has 1 atom stereocenters. The number of halogens is 1. The van der Waals surface area contributed by atoms with E-state index in [1.54, 1.807) is 13.3 Å².